The summed E-state index contributed by atoms with van der Waals surface area (Å²) in [6, 6.07) is 3.85. The molecule has 0 heterocycles. The maximum absolute atomic E-state index is 12.0. The number of amides is 2. The minimum Gasteiger partial charge on any atom is -0.480 e. The number of aliphatic carboxylic acids is 1. The monoisotopic (exact) mass is 424 g/mol. The molecule has 0 aromatic heterocycles. The Balaban J connectivity index is 2.21. The van der Waals surface area contributed by atoms with Gasteiger partial charge in [0.15, 0.2) is 0 Å². The van der Waals surface area contributed by atoms with E-state index in [1.165, 1.54) is 24.3 Å². The van der Waals surface area contributed by atoms with Crippen molar-refractivity contribution in [1.82, 2.24) is 10.6 Å². The van der Waals surface area contributed by atoms with Gasteiger partial charge >= 0.3 is 12.1 Å². The summed E-state index contributed by atoms with van der Waals surface area (Å²) in [5.41, 5.74) is 6.37. The minimum atomic E-state index is -1.11. The third-order valence-electron chi connectivity index (χ3n) is 4.30. The number of nitro groups is 1. The number of non-ortho nitro benzene ring substituents is 1. The van der Waals surface area contributed by atoms with Crippen LogP contribution in [0.3, 0.4) is 0 Å². The van der Waals surface area contributed by atoms with E-state index in [0.29, 0.717) is 31.4 Å². The summed E-state index contributed by atoms with van der Waals surface area (Å²) in [5, 5.41) is 24.7. The summed E-state index contributed by atoms with van der Waals surface area (Å²) in [6.07, 6.45) is 0.823. The van der Waals surface area contributed by atoms with E-state index >= 15 is 0 Å². The molecule has 0 bridgehead atoms. The van der Waals surface area contributed by atoms with E-state index in [4.69, 9.17) is 15.6 Å². The number of rotatable bonds is 12. The van der Waals surface area contributed by atoms with Gasteiger partial charge in [-0.2, -0.15) is 0 Å². The highest BCUT2D eigenvalue weighted by Gasteiger charge is 2.25. The van der Waals surface area contributed by atoms with Gasteiger partial charge in [-0.3, -0.25) is 14.9 Å². The van der Waals surface area contributed by atoms with Gasteiger partial charge < -0.3 is 26.2 Å². The van der Waals surface area contributed by atoms with Crippen LogP contribution in [0.4, 0.5) is 10.5 Å². The fourth-order valence-corrected chi connectivity index (χ4v) is 2.50. The molecule has 0 unspecified atom stereocenters. The second-order valence-electron chi connectivity index (χ2n) is 7.10. The number of hydrogen-bond donors (Lipinski definition) is 4. The molecule has 0 aliphatic heterocycles. The SMILES string of the molecule is CC(C)[C@H](NC(=O)[C@@H](N)CCCCNC(=O)OCc1ccc([N+](=O)[O-])cc1)C(=O)O. The molecule has 1 aromatic carbocycles. The van der Waals surface area contributed by atoms with E-state index in [1.807, 2.05) is 0 Å². The quantitative estimate of drug-likeness (QED) is 0.222. The highest BCUT2D eigenvalue weighted by atomic mass is 16.6. The Morgan fingerprint density at radius 2 is 1.83 bits per heavy atom. The van der Waals surface area contributed by atoms with Gasteiger partial charge in [0, 0.05) is 18.7 Å². The number of carboxylic acid groups (broad SMARTS) is 1. The molecule has 0 radical (unpaired) electrons. The van der Waals surface area contributed by atoms with Crippen molar-refractivity contribution in [2.24, 2.45) is 11.7 Å². The molecular formula is C19H28N4O7. The van der Waals surface area contributed by atoms with Crippen LogP contribution in [0.1, 0.15) is 38.7 Å². The van der Waals surface area contributed by atoms with Crippen LogP contribution in [0.15, 0.2) is 24.3 Å². The second kappa shape index (κ2) is 12.4. The molecule has 0 saturated heterocycles. The predicted molar refractivity (Wildman–Crippen MR) is 108 cm³/mol. The number of carboxylic acids is 1. The molecule has 11 nitrogen and oxygen atoms in total. The van der Waals surface area contributed by atoms with Gasteiger partial charge in [-0.1, -0.05) is 13.8 Å². The largest absolute Gasteiger partial charge is 0.480 e. The van der Waals surface area contributed by atoms with Crippen LogP contribution < -0.4 is 16.4 Å². The Labute approximate surface area is 174 Å². The van der Waals surface area contributed by atoms with Crippen LogP contribution in [-0.2, 0) is 20.9 Å². The fourth-order valence-electron chi connectivity index (χ4n) is 2.50. The van der Waals surface area contributed by atoms with Gasteiger partial charge in [-0.15, -0.1) is 0 Å². The molecule has 1 aromatic rings. The molecule has 0 aliphatic rings. The van der Waals surface area contributed by atoms with E-state index in [9.17, 15) is 24.5 Å². The van der Waals surface area contributed by atoms with Crippen molar-refractivity contribution in [3.63, 3.8) is 0 Å². The van der Waals surface area contributed by atoms with Crippen LogP contribution in [0.5, 0.6) is 0 Å². The van der Waals surface area contributed by atoms with Gasteiger partial charge in [0.25, 0.3) is 5.69 Å². The normalized spacial score (nSPS) is 12.7. The number of carbonyl (C=O) groups excluding carboxylic acids is 2. The molecule has 0 aliphatic carbocycles. The van der Waals surface area contributed by atoms with Crippen molar-refractivity contribution < 1.29 is 29.2 Å². The van der Waals surface area contributed by atoms with Gasteiger partial charge in [0.2, 0.25) is 5.91 Å². The molecule has 2 amide bonds. The standard InChI is InChI=1S/C19H28N4O7/c1-12(2)16(18(25)26)22-17(24)15(20)5-3-4-10-21-19(27)30-11-13-6-8-14(9-7-13)23(28)29/h6-9,12,15-16H,3-5,10-11,20H2,1-2H3,(H,21,27)(H,22,24)(H,25,26)/t15-,16-/m0/s1. The lowest BCUT2D eigenvalue weighted by Gasteiger charge is -2.20. The lowest BCUT2D eigenvalue weighted by Crippen LogP contribution is -2.50. The zero-order valence-electron chi connectivity index (χ0n) is 17.0. The number of alkyl carbamates (subject to hydrolysis) is 1. The Morgan fingerprint density at radius 1 is 1.20 bits per heavy atom. The number of unbranched alkanes of at least 4 members (excludes halogenated alkanes) is 1. The average molecular weight is 424 g/mol. The maximum Gasteiger partial charge on any atom is 0.407 e. The molecule has 166 valence electrons. The number of nitro benzene ring substituents is 1. The molecule has 5 N–H and O–H groups in total. The van der Waals surface area contributed by atoms with Gasteiger partial charge in [-0.05, 0) is 42.9 Å². The molecule has 2 atom stereocenters. The van der Waals surface area contributed by atoms with E-state index in [2.05, 4.69) is 10.6 Å². The van der Waals surface area contributed by atoms with Crippen molar-refractivity contribution in [3.8, 4) is 0 Å². The third-order valence-corrected chi connectivity index (χ3v) is 4.30. The van der Waals surface area contributed by atoms with Crippen molar-refractivity contribution in [2.45, 2.75) is 51.8 Å². The van der Waals surface area contributed by atoms with Crippen LogP contribution >= 0.6 is 0 Å². The zero-order valence-corrected chi connectivity index (χ0v) is 17.0. The number of ether oxygens (including phenoxy) is 1. The fraction of sp³-hybridized carbons (Fsp3) is 0.526. The van der Waals surface area contributed by atoms with Crippen LogP contribution in [-0.4, -0.2) is 46.6 Å². The van der Waals surface area contributed by atoms with E-state index in [1.54, 1.807) is 13.8 Å². The smallest absolute Gasteiger partial charge is 0.407 e. The van der Waals surface area contributed by atoms with Crippen molar-refractivity contribution in [3.05, 3.63) is 39.9 Å². The summed E-state index contributed by atoms with van der Waals surface area (Å²) in [7, 11) is 0. The molecule has 11 heteroatoms. The number of nitrogens with two attached hydrogens (primary N) is 1. The topological polar surface area (TPSA) is 174 Å². The van der Waals surface area contributed by atoms with Gasteiger partial charge in [0.05, 0.1) is 11.0 Å². The van der Waals surface area contributed by atoms with Gasteiger partial charge in [-0.25, -0.2) is 9.59 Å². The molecule has 30 heavy (non-hydrogen) atoms. The van der Waals surface area contributed by atoms with E-state index < -0.39 is 35.0 Å². The summed E-state index contributed by atoms with van der Waals surface area (Å²) in [4.78, 5) is 44.8. The predicted octanol–water partition coefficient (Wildman–Crippen LogP) is 1.54. The first-order chi connectivity index (χ1) is 14.1. The van der Waals surface area contributed by atoms with Crippen molar-refractivity contribution in [1.29, 1.82) is 0 Å². The average Bonchev–Trinajstić information content (AvgIpc) is 2.69. The molecule has 0 fully saturated rings. The molecule has 0 saturated carbocycles. The molecule has 1 rings (SSSR count). The zero-order chi connectivity index (χ0) is 22.7. The number of hydrogen-bond acceptors (Lipinski definition) is 7. The Kier molecular flexibility index (Phi) is 10.2. The van der Waals surface area contributed by atoms with Crippen LogP contribution in [0.2, 0.25) is 0 Å². The first-order valence-corrected chi connectivity index (χ1v) is 9.54. The van der Waals surface area contributed by atoms with Crippen molar-refractivity contribution >= 4 is 23.7 Å². The lowest BCUT2D eigenvalue weighted by atomic mass is 10.0. The Hall–Kier alpha value is -3.21. The van der Waals surface area contributed by atoms with Crippen LogP contribution in [0.25, 0.3) is 0 Å². The summed E-state index contributed by atoms with van der Waals surface area (Å²) >= 11 is 0. The van der Waals surface area contributed by atoms with Crippen molar-refractivity contribution in [2.75, 3.05) is 6.54 Å². The van der Waals surface area contributed by atoms with E-state index in [-0.39, 0.29) is 18.2 Å². The maximum atomic E-state index is 12.0. The minimum absolute atomic E-state index is 0.0184. The first kappa shape index (κ1) is 24.8. The first-order valence-electron chi connectivity index (χ1n) is 9.54. The number of nitrogens with zero attached hydrogens (tertiary/aromatic N) is 1. The Bertz CT molecular complexity index is 737. The molecule has 0 spiro atoms. The summed E-state index contributed by atoms with van der Waals surface area (Å²) in [5.74, 6) is -1.89. The number of nitrogens with one attached hydrogen (secondary N) is 2. The number of benzene rings is 1. The van der Waals surface area contributed by atoms with E-state index in [0.717, 1.165) is 0 Å². The number of carbonyl (C=O) groups is 3. The summed E-state index contributed by atoms with van der Waals surface area (Å²) < 4.78 is 5.02. The van der Waals surface area contributed by atoms with Gasteiger partial charge in [0.1, 0.15) is 12.6 Å². The third kappa shape index (κ3) is 8.86. The Morgan fingerprint density at radius 3 is 2.37 bits per heavy atom. The lowest BCUT2D eigenvalue weighted by molar-refractivity contribution is -0.384. The molecular weight excluding hydrogens is 396 g/mol. The summed E-state index contributed by atoms with van der Waals surface area (Å²) in [6.45, 7) is 3.68. The highest BCUT2D eigenvalue weighted by Crippen LogP contribution is 2.12. The van der Waals surface area contributed by atoms with Crippen LogP contribution in [0, 0.1) is 16.0 Å². The second-order valence-corrected chi connectivity index (χ2v) is 7.10. The highest BCUT2D eigenvalue weighted by molar-refractivity contribution is 5.86.